The molecule has 2 aromatic carbocycles. The molecule has 3 rings (SSSR count). The molecule has 0 aliphatic heterocycles. The Morgan fingerprint density at radius 2 is 1.64 bits per heavy atom. The minimum absolute atomic E-state index is 0.154. The fourth-order valence-corrected chi connectivity index (χ4v) is 3.96. The number of nitrogens with one attached hydrogen (secondary N) is 2. The molecule has 28 heavy (non-hydrogen) atoms. The van der Waals surface area contributed by atoms with Gasteiger partial charge in [0.2, 0.25) is 0 Å². The van der Waals surface area contributed by atoms with Crippen molar-refractivity contribution in [3.05, 3.63) is 76.5 Å². The highest BCUT2D eigenvalue weighted by Crippen LogP contribution is 2.31. The molecule has 3 aromatic rings. The van der Waals surface area contributed by atoms with E-state index in [4.69, 9.17) is 0 Å². The van der Waals surface area contributed by atoms with Gasteiger partial charge in [-0.2, -0.15) is 13.2 Å². The van der Waals surface area contributed by atoms with Crippen LogP contribution in [0.15, 0.2) is 70.9 Å². The van der Waals surface area contributed by atoms with Gasteiger partial charge >= 0.3 is 6.18 Å². The number of rotatable bonds is 5. The highest BCUT2D eigenvalue weighted by Gasteiger charge is 2.30. The van der Waals surface area contributed by atoms with Crippen molar-refractivity contribution < 1.29 is 26.4 Å². The van der Waals surface area contributed by atoms with Gasteiger partial charge in [0.05, 0.1) is 15.3 Å². The Kier molecular flexibility index (Phi) is 5.43. The molecule has 146 valence electrons. The topological polar surface area (TPSA) is 75.3 Å². The third-order valence-corrected chi connectivity index (χ3v) is 5.88. The van der Waals surface area contributed by atoms with Crippen LogP contribution in [0.1, 0.15) is 15.2 Å². The SMILES string of the molecule is O=C(Nc1ccc(S(=O)(=O)Nc2cccc(C(F)(F)F)c2)cc1)c1cccs1. The molecule has 5 nitrogen and oxygen atoms in total. The minimum atomic E-state index is -4.58. The van der Waals surface area contributed by atoms with Gasteiger partial charge in [-0.05, 0) is 53.9 Å². The van der Waals surface area contributed by atoms with E-state index in [0.29, 0.717) is 16.6 Å². The smallest absolute Gasteiger partial charge is 0.321 e. The van der Waals surface area contributed by atoms with Gasteiger partial charge in [-0.25, -0.2) is 8.42 Å². The van der Waals surface area contributed by atoms with E-state index in [1.54, 1.807) is 17.5 Å². The monoisotopic (exact) mass is 426 g/mol. The second kappa shape index (κ2) is 7.64. The summed E-state index contributed by atoms with van der Waals surface area (Å²) >= 11 is 1.26. The second-order valence-electron chi connectivity index (χ2n) is 5.64. The molecular weight excluding hydrogens is 413 g/mol. The zero-order valence-corrected chi connectivity index (χ0v) is 15.7. The summed E-state index contributed by atoms with van der Waals surface area (Å²) < 4.78 is 65.2. The van der Waals surface area contributed by atoms with E-state index >= 15 is 0 Å². The van der Waals surface area contributed by atoms with Crippen molar-refractivity contribution in [2.45, 2.75) is 11.1 Å². The predicted molar refractivity (Wildman–Crippen MR) is 101 cm³/mol. The maximum absolute atomic E-state index is 12.8. The number of hydrogen-bond donors (Lipinski definition) is 2. The highest BCUT2D eigenvalue weighted by molar-refractivity contribution is 7.92. The van der Waals surface area contributed by atoms with Crippen LogP contribution < -0.4 is 10.0 Å². The van der Waals surface area contributed by atoms with Gasteiger partial charge in [-0.15, -0.1) is 11.3 Å². The lowest BCUT2D eigenvalue weighted by Gasteiger charge is -2.12. The van der Waals surface area contributed by atoms with Crippen molar-refractivity contribution in [2.75, 3.05) is 10.0 Å². The van der Waals surface area contributed by atoms with Crippen molar-refractivity contribution in [3.8, 4) is 0 Å². The summed E-state index contributed by atoms with van der Waals surface area (Å²) in [5.74, 6) is -0.326. The summed E-state index contributed by atoms with van der Waals surface area (Å²) in [5.41, 5.74) is -0.777. The Morgan fingerprint density at radius 1 is 0.929 bits per heavy atom. The molecule has 1 amide bonds. The number of benzene rings is 2. The molecule has 0 aliphatic carbocycles. The number of carbonyl (C=O) groups is 1. The Bertz CT molecular complexity index is 1080. The average molecular weight is 426 g/mol. The lowest BCUT2D eigenvalue weighted by molar-refractivity contribution is -0.137. The van der Waals surface area contributed by atoms with Gasteiger partial charge in [-0.3, -0.25) is 9.52 Å². The van der Waals surface area contributed by atoms with Gasteiger partial charge in [0.15, 0.2) is 0 Å². The lowest BCUT2D eigenvalue weighted by atomic mass is 10.2. The predicted octanol–water partition coefficient (Wildman–Crippen LogP) is 4.82. The fraction of sp³-hybridized carbons (Fsp3) is 0.0556. The van der Waals surface area contributed by atoms with E-state index in [0.717, 1.165) is 12.1 Å². The molecule has 0 atom stereocenters. The van der Waals surface area contributed by atoms with Gasteiger partial charge in [-0.1, -0.05) is 12.1 Å². The van der Waals surface area contributed by atoms with Gasteiger partial charge in [0, 0.05) is 11.4 Å². The number of alkyl halides is 3. The molecule has 0 bridgehead atoms. The third-order valence-electron chi connectivity index (χ3n) is 3.61. The number of carbonyl (C=O) groups excluding carboxylic acids is 1. The molecule has 1 heterocycles. The molecule has 1 aromatic heterocycles. The molecule has 0 unspecified atom stereocenters. The number of halogens is 3. The maximum atomic E-state index is 12.8. The Balaban J connectivity index is 1.75. The maximum Gasteiger partial charge on any atom is 0.416 e. The molecule has 0 fully saturated rings. The number of thiophene rings is 1. The zero-order valence-electron chi connectivity index (χ0n) is 14.0. The van der Waals surface area contributed by atoms with Crippen molar-refractivity contribution in [1.82, 2.24) is 0 Å². The fourth-order valence-electron chi connectivity index (χ4n) is 2.29. The molecule has 0 saturated carbocycles. The van der Waals surface area contributed by atoms with Gasteiger partial charge in [0.1, 0.15) is 0 Å². The van der Waals surface area contributed by atoms with Crippen LogP contribution in [0.4, 0.5) is 24.5 Å². The number of amides is 1. The standard InChI is InChI=1S/C18H13F3N2O3S2/c19-18(20,21)12-3-1-4-14(11-12)23-28(25,26)15-8-6-13(7-9-15)22-17(24)16-5-2-10-27-16/h1-11,23H,(H,22,24). The normalized spacial score (nSPS) is 11.8. The van der Waals surface area contributed by atoms with E-state index in [9.17, 15) is 26.4 Å². The molecule has 0 radical (unpaired) electrons. The summed E-state index contributed by atoms with van der Waals surface area (Å²) in [6, 6.07) is 12.6. The summed E-state index contributed by atoms with van der Waals surface area (Å²) in [4.78, 5) is 12.3. The number of sulfonamides is 1. The summed E-state index contributed by atoms with van der Waals surface area (Å²) in [5, 5.41) is 4.38. The molecule has 2 N–H and O–H groups in total. The first-order valence-electron chi connectivity index (χ1n) is 7.80. The van der Waals surface area contributed by atoms with Gasteiger partial charge < -0.3 is 5.32 Å². The Hall–Kier alpha value is -2.85. The second-order valence-corrected chi connectivity index (χ2v) is 8.27. The molecular formula is C18H13F3N2O3S2. The first-order valence-corrected chi connectivity index (χ1v) is 10.2. The van der Waals surface area contributed by atoms with Crippen LogP contribution in [0.5, 0.6) is 0 Å². The van der Waals surface area contributed by atoms with E-state index < -0.39 is 21.8 Å². The summed E-state index contributed by atoms with van der Waals surface area (Å²) in [7, 11) is -4.09. The van der Waals surface area contributed by atoms with Crippen LogP contribution in [0, 0.1) is 0 Å². The van der Waals surface area contributed by atoms with Crippen LogP contribution in [-0.4, -0.2) is 14.3 Å². The molecule has 0 aliphatic rings. The average Bonchev–Trinajstić information content (AvgIpc) is 3.16. The van der Waals surface area contributed by atoms with Crippen molar-refractivity contribution in [1.29, 1.82) is 0 Å². The quantitative estimate of drug-likeness (QED) is 0.614. The number of hydrogen-bond acceptors (Lipinski definition) is 4. The summed E-state index contributed by atoms with van der Waals surface area (Å²) in [6.07, 6.45) is -4.58. The van der Waals surface area contributed by atoms with E-state index in [1.165, 1.54) is 41.7 Å². The van der Waals surface area contributed by atoms with Crippen molar-refractivity contribution >= 4 is 38.6 Å². The van der Waals surface area contributed by atoms with Crippen LogP contribution >= 0.6 is 11.3 Å². The Labute approximate surface area is 162 Å². The first kappa shape index (κ1) is 19.9. The molecule has 0 spiro atoms. The first-order chi connectivity index (χ1) is 13.1. The van der Waals surface area contributed by atoms with Crippen LogP contribution in [-0.2, 0) is 16.2 Å². The van der Waals surface area contributed by atoms with Crippen LogP contribution in [0.25, 0.3) is 0 Å². The van der Waals surface area contributed by atoms with Crippen molar-refractivity contribution in [3.63, 3.8) is 0 Å². The Morgan fingerprint density at radius 3 is 2.25 bits per heavy atom. The lowest BCUT2D eigenvalue weighted by Crippen LogP contribution is -2.14. The van der Waals surface area contributed by atoms with E-state index in [-0.39, 0.29) is 16.5 Å². The largest absolute Gasteiger partial charge is 0.416 e. The van der Waals surface area contributed by atoms with Gasteiger partial charge in [0.25, 0.3) is 15.9 Å². The van der Waals surface area contributed by atoms with E-state index in [1.807, 2.05) is 0 Å². The third kappa shape index (κ3) is 4.70. The molecule has 10 heteroatoms. The van der Waals surface area contributed by atoms with Crippen LogP contribution in [0.3, 0.4) is 0 Å². The zero-order chi connectivity index (χ0) is 20.4. The van der Waals surface area contributed by atoms with Crippen molar-refractivity contribution in [2.24, 2.45) is 0 Å². The number of anilines is 2. The minimum Gasteiger partial charge on any atom is -0.321 e. The molecule has 0 saturated heterocycles. The van der Waals surface area contributed by atoms with E-state index in [2.05, 4.69) is 10.0 Å². The summed E-state index contributed by atoms with van der Waals surface area (Å²) in [6.45, 7) is 0. The highest BCUT2D eigenvalue weighted by atomic mass is 32.2. The van der Waals surface area contributed by atoms with Crippen LogP contribution in [0.2, 0.25) is 0 Å².